The Balaban J connectivity index is 0.000000196. The number of anilines is 2. The van der Waals surface area contributed by atoms with Crippen molar-refractivity contribution in [3.05, 3.63) is 280 Å². The normalized spacial score (nSPS) is 10.5. The second-order valence-electron chi connectivity index (χ2n) is 21.9. The average Bonchev–Trinajstić information content (AvgIpc) is 1.47. The summed E-state index contributed by atoms with van der Waals surface area (Å²) in [6, 6.07) is 59.6. The van der Waals surface area contributed by atoms with E-state index in [0.29, 0.717) is 69.9 Å². The molecule has 10 rings (SSSR count). The minimum Gasteiger partial charge on any atom is -0.481 e. The molecule has 0 saturated heterocycles. The molecular formula is C76H74F3N5O8. The van der Waals surface area contributed by atoms with E-state index in [4.69, 9.17) is 16.6 Å². The number of isocyanates is 1. The summed E-state index contributed by atoms with van der Waals surface area (Å²) in [5, 5.41) is 12.9. The van der Waals surface area contributed by atoms with Crippen LogP contribution in [0.2, 0.25) is 0 Å². The summed E-state index contributed by atoms with van der Waals surface area (Å²) in [6.07, 6.45) is 10.1. The first-order chi connectivity index (χ1) is 44.2. The van der Waals surface area contributed by atoms with E-state index in [2.05, 4.69) is 63.0 Å². The highest BCUT2D eigenvalue weighted by Gasteiger charge is 2.30. The lowest BCUT2D eigenvalue weighted by Crippen LogP contribution is -2.07. The SMILES string of the molecule is COC(=O)CCc1ccc(CC(=O)CCc2ccc(C)cc2)cc1.Cc1cccc(CC(=O)Cc2ccc(CCC(=O)Cc3ccc4cnccc4c3)cc2)c1.Nc1ccc(CCC(=O)O)cc1.Nc1ccc2cnccc2c1.O=C=Nc1cccc(C(F)(F)F)c1. The van der Waals surface area contributed by atoms with Crippen LogP contribution in [-0.4, -0.2) is 57.6 Å². The van der Waals surface area contributed by atoms with Crippen molar-refractivity contribution < 1.29 is 51.8 Å². The number of aliphatic imine (C=N–C) groups is 1. The molecule has 2 aromatic heterocycles. The number of ketones is 3. The number of carbonyl (C=O) groups excluding carboxylic acids is 5. The predicted octanol–water partition coefficient (Wildman–Crippen LogP) is 15.3. The fourth-order valence-corrected chi connectivity index (χ4v) is 9.37. The number of esters is 1. The average molecular weight is 1240 g/mol. The van der Waals surface area contributed by atoms with E-state index in [9.17, 15) is 41.9 Å². The third-order valence-corrected chi connectivity index (χ3v) is 14.4. The quantitative estimate of drug-likeness (QED) is 0.0265. The lowest BCUT2D eigenvalue weighted by atomic mass is 9.98. The predicted molar refractivity (Wildman–Crippen MR) is 356 cm³/mol. The maximum absolute atomic E-state index is 12.5. The van der Waals surface area contributed by atoms with Crippen LogP contribution < -0.4 is 11.5 Å². The molecule has 10 aromatic rings. The van der Waals surface area contributed by atoms with Crippen LogP contribution in [0.5, 0.6) is 0 Å². The van der Waals surface area contributed by atoms with Gasteiger partial charge in [-0.25, -0.2) is 4.79 Å². The molecule has 13 nitrogen and oxygen atoms in total. The summed E-state index contributed by atoms with van der Waals surface area (Å²) >= 11 is 0. The number of carboxylic acids is 1. The van der Waals surface area contributed by atoms with E-state index in [0.717, 1.165) is 84.7 Å². The van der Waals surface area contributed by atoms with Crippen LogP contribution in [0.3, 0.4) is 0 Å². The highest BCUT2D eigenvalue weighted by Crippen LogP contribution is 2.31. The van der Waals surface area contributed by atoms with E-state index < -0.39 is 17.7 Å². The van der Waals surface area contributed by atoms with Crippen LogP contribution in [0.15, 0.2) is 224 Å². The van der Waals surface area contributed by atoms with E-state index in [1.807, 2.05) is 141 Å². The Labute approximate surface area is 534 Å². The number of benzene rings is 8. The highest BCUT2D eigenvalue weighted by molar-refractivity contribution is 5.87. The van der Waals surface area contributed by atoms with Gasteiger partial charge in [-0.15, -0.1) is 0 Å². The van der Waals surface area contributed by atoms with Gasteiger partial charge in [0.2, 0.25) is 6.08 Å². The number of aryl methyl sites for hydroxylation is 6. The Morgan fingerprint density at radius 1 is 0.467 bits per heavy atom. The van der Waals surface area contributed by atoms with Gasteiger partial charge in [-0.1, -0.05) is 151 Å². The van der Waals surface area contributed by atoms with Gasteiger partial charge in [0.15, 0.2) is 0 Å². The number of pyridine rings is 2. The van der Waals surface area contributed by atoms with Gasteiger partial charge in [0.25, 0.3) is 0 Å². The molecule has 5 N–H and O–H groups in total. The smallest absolute Gasteiger partial charge is 0.416 e. The van der Waals surface area contributed by atoms with Crippen molar-refractivity contribution in [3.8, 4) is 0 Å². The number of halogens is 3. The Morgan fingerprint density at radius 3 is 1.46 bits per heavy atom. The molecular weight excluding hydrogens is 1170 g/mol. The Bertz CT molecular complexity index is 4080. The van der Waals surface area contributed by atoms with Gasteiger partial charge in [-0.2, -0.15) is 18.2 Å². The van der Waals surface area contributed by atoms with Crippen molar-refractivity contribution in [2.75, 3.05) is 18.6 Å². The van der Waals surface area contributed by atoms with Crippen molar-refractivity contribution in [1.29, 1.82) is 0 Å². The van der Waals surface area contributed by atoms with Gasteiger partial charge in [0.1, 0.15) is 17.3 Å². The van der Waals surface area contributed by atoms with Gasteiger partial charge >= 0.3 is 18.1 Å². The van der Waals surface area contributed by atoms with E-state index in [1.165, 1.54) is 42.0 Å². The molecule has 92 heavy (non-hydrogen) atoms. The van der Waals surface area contributed by atoms with Crippen molar-refractivity contribution in [2.45, 2.75) is 97.1 Å². The lowest BCUT2D eigenvalue weighted by Gasteiger charge is -2.06. The van der Waals surface area contributed by atoms with Crippen LogP contribution in [-0.2, 0) is 91.0 Å². The van der Waals surface area contributed by atoms with E-state index in [1.54, 1.807) is 24.5 Å². The Kier molecular flexibility index (Phi) is 28.1. The molecule has 0 spiro atoms. The standard InChI is InChI=1S/C29H27NO2.C21H24O3.C9H8N2.C9H11NO2.C8H4F3NO/c1-21-3-2-4-24(15-21)19-29(32)17-23-7-5-22(6-8-23)10-12-28(31)18-25-9-11-27-20-30-14-13-26(27)16-25;1-16-3-5-17(6-4-16)11-13-20(22)15-19-9-7-18(8-10-19)12-14-21(23)24-2;10-9-2-1-8-6-11-4-3-7(8)5-9;10-8-4-1-7(2-5-8)3-6-9(11)12;9-8(10,11)6-2-1-3-7(4-6)12-5-13/h2-9,11,13-16,20H,10,12,17-19H2,1H3;3-10H,11-15H2,1-2H3;1-6H,10H2;1-2,4-5H,3,6,10H2,(H,11,12);1-4H. The monoisotopic (exact) mass is 1240 g/mol. The number of nitrogens with two attached hydrogens (primary N) is 2. The molecule has 0 saturated carbocycles. The van der Waals surface area contributed by atoms with Crippen LogP contribution >= 0.6 is 0 Å². The second kappa shape index (κ2) is 36.7. The minimum atomic E-state index is -4.41. The van der Waals surface area contributed by atoms with Crippen LogP contribution in [0, 0.1) is 13.8 Å². The van der Waals surface area contributed by atoms with Gasteiger partial charge in [0.05, 0.1) is 18.4 Å². The largest absolute Gasteiger partial charge is 0.481 e. The molecule has 0 amide bonds. The number of alkyl halides is 3. The summed E-state index contributed by atoms with van der Waals surface area (Å²) in [5.74, 6) is -0.282. The number of aliphatic carboxylic acids is 1. The van der Waals surface area contributed by atoms with Gasteiger partial charge in [-0.05, 0) is 149 Å². The molecule has 0 atom stereocenters. The molecule has 0 aliphatic rings. The fraction of sp³-hybridized carbons (Fsp3) is 0.211. The van der Waals surface area contributed by atoms with Crippen molar-refractivity contribution in [3.63, 3.8) is 0 Å². The van der Waals surface area contributed by atoms with Crippen LogP contribution in [0.4, 0.5) is 30.2 Å². The zero-order valence-corrected chi connectivity index (χ0v) is 51.7. The summed E-state index contributed by atoms with van der Waals surface area (Å²) < 4.78 is 40.8. The molecule has 0 bridgehead atoms. The van der Waals surface area contributed by atoms with Crippen molar-refractivity contribution in [2.24, 2.45) is 4.99 Å². The number of rotatable bonds is 21. The van der Waals surface area contributed by atoms with E-state index in [-0.39, 0.29) is 35.4 Å². The maximum Gasteiger partial charge on any atom is 0.416 e. The Hall–Kier alpha value is -10.7. The summed E-state index contributed by atoms with van der Waals surface area (Å²) in [5.41, 5.74) is 22.6. The number of hydrogen-bond acceptors (Lipinski definition) is 12. The van der Waals surface area contributed by atoms with Gasteiger partial charge < -0.3 is 21.3 Å². The van der Waals surface area contributed by atoms with Gasteiger partial charge in [0, 0.05) is 98.3 Å². The number of fused-ring (bicyclic) bond motifs is 2. The Morgan fingerprint density at radius 2 is 0.913 bits per heavy atom. The van der Waals surface area contributed by atoms with Crippen molar-refractivity contribution in [1.82, 2.24) is 9.97 Å². The second-order valence-corrected chi connectivity index (χ2v) is 21.9. The molecule has 16 heteroatoms. The number of nitrogens with zero attached hydrogens (tertiary/aromatic N) is 3. The first-order valence-corrected chi connectivity index (χ1v) is 29.8. The highest BCUT2D eigenvalue weighted by atomic mass is 19.4. The maximum atomic E-state index is 12.5. The molecule has 0 unspecified atom stereocenters. The summed E-state index contributed by atoms with van der Waals surface area (Å²) in [7, 11) is 1.40. The van der Waals surface area contributed by atoms with Gasteiger partial charge in [-0.3, -0.25) is 33.9 Å². The molecule has 0 fully saturated rings. The third kappa shape index (κ3) is 26.2. The number of carbonyl (C=O) groups is 5. The van der Waals surface area contributed by atoms with Crippen LogP contribution in [0.1, 0.15) is 86.9 Å². The summed E-state index contributed by atoms with van der Waals surface area (Å²) in [4.78, 5) is 79.3. The molecule has 0 aliphatic carbocycles. The zero-order chi connectivity index (χ0) is 66.3. The number of aromatic nitrogens is 2. The third-order valence-electron chi connectivity index (χ3n) is 14.4. The number of ether oxygens (including phenoxy) is 1. The molecule has 0 radical (unpaired) electrons. The minimum absolute atomic E-state index is 0.0511. The number of Topliss-reactive ketones (excluding diaryl/α,β-unsaturated/α-hetero) is 3. The number of methoxy groups -OCH3 is 1. The molecule has 8 aromatic carbocycles. The van der Waals surface area contributed by atoms with E-state index >= 15 is 0 Å². The lowest BCUT2D eigenvalue weighted by molar-refractivity contribution is -0.140. The molecule has 472 valence electrons. The molecule has 2 heterocycles. The number of nitrogen functional groups attached to an aromatic ring is 2. The molecule has 0 aliphatic heterocycles. The topological polar surface area (TPSA) is 222 Å². The zero-order valence-electron chi connectivity index (χ0n) is 51.7. The number of hydrogen-bond donors (Lipinski definition) is 3. The number of carboxylic acid groups (broad SMARTS) is 1. The first kappa shape index (κ1) is 70.4. The fourth-order valence-electron chi connectivity index (χ4n) is 9.37. The first-order valence-electron chi connectivity index (χ1n) is 29.8. The summed E-state index contributed by atoms with van der Waals surface area (Å²) in [6.45, 7) is 4.10. The van der Waals surface area contributed by atoms with Crippen LogP contribution in [0.25, 0.3) is 21.5 Å². The van der Waals surface area contributed by atoms with Crippen molar-refractivity contribution >= 4 is 74.0 Å².